The lowest BCUT2D eigenvalue weighted by Gasteiger charge is -1.96. The van der Waals surface area contributed by atoms with E-state index in [1.165, 1.54) is 6.07 Å². The molecular weight excluding hydrogens is 137 g/mol. The fourth-order valence-electron chi connectivity index (χ4n) is 0.552. The number of thiol groups is 1. The maximum absolute atomic E-state index is 12.5. The van der Waals surface area contributed by atoms with Crippen molar-refractivity contribution < 1.29 is 4.39 Å². The summed E-state index contributed by atoms with van der Waals surface area (Å²) >= 11 is 3.69. The molecule has 0 saturated carbocycles. The zero-order valence-electron chi connectivity index (χ0n) is 4.63. The van der Waals surface area contributed by atoms with Crippen molar-refractivity contribution in [2.45, 2.75) is 0 Å². The molecule has 0 aliphatic heterocycles. The standard InChI is InChI=1S/C6H6FNS/c7-5-3-1-2-4-6(5)8-9/h1-4,8-9H. The summed E-state index contributed by atoms with van der Waals surface area (Å²) in [7, 11) is 0. The van der Waals surface area contributed by atoms with E-state index in [1.807, 2.05) is 0 Å². The minimum Gasteiger partial charge on any atom is -0.330 e. The van der Waals surface area contributed by atoms with Crippen molar-refractivity contribution >= 4 is 18.5 Å². The third-order valence-corrected chi connectivity index (χ3v) is 1.24. The molecule has 0 amide bonds. The number of hydrogen-bond acceptors (Lipinski definition) is 2. The van der Waals surface area contributed by atoms with Crippen molar-refractivity contribution in [2.24, 2.45) is 0 Å². The molecule has 0 saturated heterocycles. The summed E-state index contributed by atoms with van der Waals surface area (Å²) < 4.78 is 14.9. The summed E-state index contributed by atoms with van der Waals surface area (Å²) in [5, 5.41) is 0. The second kappa shape index (κ2) is 2.73. The Morgan fingerprint density at radius 1 is 1.33 bits per heavy atom. The second-order valence-corrected chi connectivity index (χ2v) is 1.82. The molecule has 1 N–H and O–H groups in total. The van der Waals surface area contributed by atoms with Gasteiger partial charge in [0.05, 0.1) is 5.69 Å². The highest BCUT2D eigenvalue weighted by Gasteiger charge is 1.93. The van der Waals surface area contributed by atoms with E-state index in [0.717, 1.165) is 0 Å². The predicted molar refractivity (Wildman–Crippen MR) is 39.0 cm³/mol. The van der Waals surface area contributed by atoms with Crippen LogP contribution in [0, 0.1) is 5.82 Å². The molecule has 0 unspecified atom stereocenters. The van der Waals surface area contributed by atoms with Crippen LogP contribution >= 0.6 is 12.8 Å². The summed E-state index contributed by atoms with van der Waals surface area (Å²) in [6.45, 7) is 0. The van der Waals surface area contributed by atoms with Crippen molar-refractivity contribution in [3.05, 3.63) is 30.1 Å². The number of halogens is 1. The molecule has 0 aromatic heterocycles. The fraction of sp³-hybridized carbons (Fsp3) is 0. The first-order valence-corrected chi connectivity index (χ1v) is 2.94. The predicted octanol–water partition coefficient (Wildman–Crippen LogP) is 2.08. The van der Waals surface area contributed by atoms with Crippen molar-refractivity contribution in [2.75, 3.05) is 4.72 Å². The van der Waals surface area contributed by atoms with Gasteiger partial charge < -0.3 is 4.72 Å². The average Bonchev–Trinajstić information content (AvgIpc) is 1.89. The van der Waals surface area contributed by atoms with Gasteiger partial charge in [0.2, 0.25) is 0 Å². The molecule has 0 fully saturated rings. The lowest BCUT2D eigenvalue weighted by Crippen LogP contribution is -1.83. The molecule has 0 bridgehead atoms. The van der Waals surface area contributed by atoms with Gasteiger partial charge in [-0.15, -0.1) is 0 Å². The first-order chi connectivity index (χ1) is 4.34. The lowest BCUT2D eigenvalue weighted by atomic mass is 10.3. The Hall–Kier alpha value is -0.700. The normalized spacial score (nSPS) is 9.11. The molecule has 0 atom stereocenters. The molecule has 48 valence electrons. The van der Waals surface area contributed by atoms with Crippen LogP contribution in [0.3, 0.4) is 0 Å². The molecule has 0 aliphatic rings. The molecule has 1 aromatic carbocycles. The highest BCUT2D eigenvalue weighted by atomic mass is 32.1. The molecule has 0 radical (unpaired) electrons. The van der Waals surface area contributed by atoms with E-state index in [2.05, 4.69) is 17.5 Å². The van der Waals surface area contributed by atoms with Gasteiger partial charge in [0.1, 0.15) is 5.82 Å². The highest BCUT2D eigenvalue weighted by molar-refractivity contribution is 7.81. The molecule has 9 heavy (non-hydrogen) atoms. The maximum Gasteiger partial charge on any atom is 0.147 e. The Balaban J connectivity index is 3.01. The third kappa shape index (κ3) is 1.36. The van der Waals surface area contributed by atoms with E-state index in [1.54, 1.807) is 18.2 Å². The highest BCUT2D eigenvalue weighted by Crippen LogP contribution is 2.11. The Bertz CT molecular complexity index is 202. The Morgan fingerprint density at radius 3 is 2.44 bits per heavy atom. The first-order valence-electron chi connectivity index (χ1n) is 2.49. The largest absolute Gasteiger partial charge is 0.330 e. The van der Waals surface area contributed by atoms with E-state index in [4.69, 9.17) is 0 Å². The van der Waals surface area contributed by atoms with Crippen LogP contribution in [0.25, 0.3) is 0 Å². The SMILES string of the molecule is Fc1ccccc1NS. The molecule has 3 heteroatoms. The van der Waals surface area contributed by atoms with Crippen molar-refractivity contribution in [1.29, 1.82) is 0 Å². The topological polar surface area (TPSA) is 12.0 Å². The van der Waals surface area contributed by atoms with Gasteiger partial charge in [-0.3, -0.25) is 0 Å². The van der Waals surface area contributed by atoms with E-state index >= 15 is 0 Å². The van der Waals surface area contributed by atoms with Gasteiger partial charge in [-0.25, -0.2) is 4.39 Å². The molecule has 1 aromatic rings. The monoisotopic (exact) mass is 143 g/mol. The van der Waals surface area contributed by atoms with Crippen molar-refractivity contribution in [3.63, 3.8) is 0 Å². The smallest absolute Gasteiger partial charge is 0.147 e. The number of rotatable bonds is 1. The fourth-order valence-corrected chi connectivity index (χ4v) is 0.733. The summed E-state index contributed by atoms with van der Waals surface area (Å²) in [5.41, 5.74) is 0.404. The Labute approximate surface area is 58.4 Å². The summed E-state index contributed by atoms with van der Waals surface area (Å²) in [6.07, 6.45) is 0. The van der Waals surface area contributed by atoms with Gasteiger partial charge >= 0.3 is 0 Å². The zero-order valence-corrected chi connectivity index (χ0v) is 5.53. The van der Waals surface area contributed by atoms with Gasteiger partial charge in [-0.1, -0.05) is 24.9 Å². The molecule has 0 heterocycles. The number of anilines is 1. The van der Waals surface area contributed by atoms with Crippen LogP contribution in [0.2, 0.25) is 0 Å². The van der Waals surface area contributed by atoms with Crippen LogP contribution < -0.4 is 4.72 Å². The third-order valence-electron chi connectivity index (χ3n) is 0.994. The zero-order chi connectivity index (χ0) is 6.69. The number of benzene rings is 1. The van der Waals surface area contributed by atoms with Crippen molar-refractivity contribution in [3.8, 4) is 0 Å². The van der Waals surface area contributed by atoms with Crippen LogP contribution in [0.1, 0.15) is 0 Å². The van der Waals surface area contributed by atoms with Gasteiger partial charge in [0.15, 0.2) is 0 Å². The van der Waals surface area contributed by atoms with Crippen LogP contribution in [0.4, 0.5) is 10.1 Å². The van der Waals surface area contributed by atoms with Crippen LogP contribution in [0.15, 0.2) is 24.3 Å². The molecule has 1 rings (SSSR count). The van der Waals surface area contributed by atoms with Crippen molar-refractivity contribution in [1.82, 2.24) is 0 Å². The van der Waals surface area contributed by atoms with Crippen LogP contribution in [-0.4, -0.2) is 0 Å². The second-order valence-electron chi connectivity index (χ2n) is 1.59. The minimum atomic E-state index is -0.285. The quantitative estimate of drug-likeness (QED) is 0.573. The van der Waals surface area contributed by atoms with Gasteiger partial charge in [-0.05, 0) is 12.1 Å². The molecule has 0 aliphatic carbocycles. The average molecular weight is 143 g/mol. The number of para-hydroxylation sites is 1. The lowest BCUT2D eigenvalue weighted by molar-refractivity contribution is 0.632. The molecule has 1 nitrogen and oxygen atoms in total. The maximum atomic E-state index is 12.5. The Morgan fingerprint density at radius 2 is 2.00 bits per heavy atom. The van der Waals surface area contributed by atoms with Crippen LogP contribution in [-0.2, 0) is 0 Å². The van der Waals surface area contributed by atoms with E-state index in [9.17, 15) is 4.39 Å². The van der Waals surface area contributed by atoms with Gasteiger partial charge in [0, 0.05) is 0 Å². The first kappa shape index (κ1) is 6.42. The Kier molecular flexibility index (Phi) is 1.95. The van der Waals surface area contributed by atoms with Gasteiger partial charge in [-0.2, -0.15) is 0 Å². The number of nitrogens with one attached hydrogen (secondary N) is 1. The summed E-state index contributed by atoms with van der Waals surface area (Å²) in [4.78, 5) is 0. The molecular formula is C6H6FNS. The molecule has 0 spiro atoms. The van der Waals surface area contributed by atoms with Crippen LogP contribution in [0.5, 0.6) is 0 Å². The summed E-state index contributed by atoms with van der Waals surface area (Å²) in [6, 6.07) is 6.35. The number of hydrogen-bond donors (Lipinski definition) is 2. The van der Waals surface area contributed by atoms with Gasteiger partial charge in [0.25, 0.3) is 0 Å². The summed E-state index contributed by atoms with van der Waals surface area (Å²) in [5.74, 6) is -0.285. The van der Waals surface area contributed by atoms with E-state index in [0.29, 0.717) is 5.69 Å². The van der Waals surface area contributed by atoms with E-state index < -0.39 is 0 Å². The van der Waals surface area contributed by atoms with E-state index in [-0.39, 0.29) is 5.82 Å². The minimum absolute atomic E-state index is 0.285.